The minimum atomic E-state index is -3.76. The van der Waals surface area contributed by atoms with Crippen LogP contribution in [0, 0.1) is 6.92 Å². The number of nitrogens with one attached hydrogen (secondary N) is 2. The molecule has 1 aromatic carbocycles. The lowest BCUT2D eigenvalue weighted by Gasteiger charge is -2.11. The first-order valence-electron chi connectivity index (χ1n) is 6.96. The van der Waals surface area contributed by atoms with Crippen LogP contribution in [0.4, 0.5) is 11.5 Å². The molecule has 0 bridgehead atoms. The van der Waals surface area contributed by atoms with Gasteiger partial charge in [-0.3, -0.25) is 9.52 Å². The molecule has 23 heavy (non-hydrogen) atoms. The normalized spacial score (nSPS) is 14.6. The van der Waals surface area contributed by atoms with E-state index in [-0.39, 0.29) is 16.6 Å². The first kappa shape index (κ1) is 15.8. The van der Waals surface area contributed by atoms with Crippen molar-refractivity contribution in [2.45, 2.75) is 23.1 Å². The zero-order valence-corrected chi connectivity index (χ0v) is 14.0. The highest BCUT2D eigenvalue weighted by atomic mass is 32.2. The Labute approximate surface area is 138 Å². The highest BCUT2D eigenvalue weighted by Crippen LogP contribution is 2.32. The molecule has 2 heterocycles. The number of aryl methyl sites for hydroxylation is 1. The Hall–Kier alpha value is -2.06. The highest BCUT2D eigenvalue weighted by Gasteiger charge is 2.19. The maximum Gasteiger partial charge on any atom is 0.263 e. The molecule has 120 valence electrons. The van der Waals surface area contributed by atoms with E-state index in [1.54, 1.807) is 24.4 Å². The van der Waals surface area contributed by atoms with Gasteiger partial charge in [0.25, 0.3) is 10.0 Å². The summed E-state index contributed by atoms with van der Waals surface area (Å²) in [6, 6.07) is 8.09. The van der Waals surface area contributed by atoms with Crippen LogP contribution in [0.5, 0.6) is 0 Å². The molecule has 0 spiro atoms. The van der Waals surface area contributed by atoms with Crippen molar-refractivity contribution in [2.75, 3.05) is 15.8 Å². The number of sulfonamides is 1. The third kappa shape index (κ3) is 3.65. The van der Waals surface area contributed by atoms with E-state index >= 15 is 0 Å². The number of fused-ring (bicyclic) bond motifs is 1. The third-order valence-corrected chi connectivity index (χ3v) is 5.70. The molecule has 0 radical (unpaired) electrons. The standard InChI is InChI=1S/C15H15N3O3S2/c1-10-2-5-14(16-9-10)18-23(20,21)11-3-4-13-12(8-11)17-15(19)6-7-22-13/h2-5,8-9H,6-7H2,1H3,(H,16,18)(H,17,19). The van der Waals surface area contributed by atoms with Gasteiger partial charge in [-0.2, -0.15) is 0 Å². The van der Waals surface area contributed by atoms with Crippen molar-refractivity contribution in [3.63, 3.8) is 0 Å². The minimum Gasteiger partial charge on any atom is -0.325 e. The van der Waals surface area contributed by atoms with Crippen LogP contribution in [0.3, 0.4) is 0 Å². The van der Waals surface area contributed by atoms with Crippen molar-refractivity contribution in [1.82, 2.24) is 4.98 Å². The summed E-state index contributed by atoms with van der Waals surface area (Å²) >= 11 is 1.53. The van der Waals surface area contributed by atoms with E-state index in [1.807, 2.05) is 6.92 Å². The molecule has 0 saturated carbocycles. The predicted molar refractivity (Wildman–Crippen MR) is 90.2 cm³/mol. The zero-order valence-electron chi connectivity index (χ0n) is 12.4. The van der Waals surface area contributed by atoms with E-state index in [9.17, 15) is 13.2 Å². The molecule has 3 rings (SSSR count). The molecule has 6 nitrogen and oxygen atoms in total. The van der Waals surface area contributed by atoms with E-state index in [4.69, 9.17) is 0 Å². The number of carbonyl (C=O) groups excluding carboxylic acids is 1. The molecular weight excluding hydrogens is 334 g/mol. The molecule has 1 amide bonds. The number of hydrogen-bond donors (Lipinski definition) is 2. The fourth-order valence-electron chi connectivity index (χ4n) is 2.09. The lowest BCUT2D eigenvalue weighted by atomic mass is 10.3. The average Bonchev–Trinajstić information content (AvgIpc) is 2.69. The summed E-state index contributed by atoms with van der Waals surface area (Å²) < 4.78 is 27.4. The van der Waals surface area contributed by atoms with Crippen LogP contribution in [-0.2, 0) is 14.8 Å². The zero-order chi connectivity index (χ0) is 16.4. The summed E-state index contributed by atoms with van der Waals surface area (Å²) in [5.74, 6) is 0.819. The molecule has 1 aliphatic heterocycles. The van der Waals surface area contributed by atoms with Crippen LogP contribution in [0.2, 0.25) is 0 Å². The number of rotatable bonds is 3. The first-order chi connectivity index (χ1) is 10.9. The molecule has 0 unspecified atom stereocenters. The number of carbonyl (C=O) groups is 1. The average molecular weight is 349 g/mol. The number of anilines is 2. The van der Waals surface area contributed by atoms with Gasteiger partial charge in [-0.25, -0.2) is 13.4 Å². The molecule has 1 aromatic heterocycles. The van der Waals surface area contributed by atoms with Crippen LogP contribution >= 0.6 is 11.8 Å². The summed E-state index contributed by atoms with van der Waals surface area (Å²) in [5.41, 5.74) is 1.47. The monoisotopic (exact) mass is 349 g/mol. The molecular formula is C15H15N3O3S2. The second-order valence-electron chi connectivity index (χ2n) is 5.13. The van der Waals surface area contributed by atoms with E-state index in [2.05, 4.69) is 15.0 Å². The number of benzene rings is 1. The lowest BCUT2D eigenvalue weighted by molar-refractivity contribution is -0.115. The molecule has 0 aliphatic carbocycles. The van der Waals surface area contributed by atoms with Gasteiger partial charge in [-0.05, 0) is 36.8 Å². The Balaban J connectivity index is 1.91. The first-order valence-corrected chi connectivity index (χ1v) is 9.43. The van der Waals surface area contributed by atoms with E-state index < -0.39 is 10.0 Å². The van der Waals surface area contributed by atoms with Crippen molar-refractivity contribution >= 4 is 39.2 Å². The highest BCUT2D eigenvalue weighted by molar-refractivity contribution is 7.99. The molecule has 0 fully saturated rings. The van der Waals surface area contributed by atoms with Gasteiger partial charge in [-0.1, -0.05) is 6.07 Å². The Bertz CT molecular complexity index is 849. The quantitative estimate of drug-likeness (QED) is 0.889. The molecule has 0 atom stereocenters. The maximum absolute atomic E-state index is 12.5. The van der Waals surface area contributed by atoms with Gasteiger partial charge in [0.05, 0.1) is 10.6 Å². The maximum atomic E-state index is 12.5. The molecule has 2 N–H and O–H groups in total. The Morgan fingerprint density at radius 1 is 1.26 bits per heavy atom. The van der Waals surface area contributed by atoms with E-state index in [0.29, 0.717) is 17.9 Å². The van der Waals surface area contributed by atoms with Gasteiger partial charge in [-0.15, -0.1) is 11.8 Å². The summed E-state index contributed by atoms with van der Waals surface area (Å²) in [5, 5.41) is 2.74. The molecule has 2 aromatic rings. The summed E-state index contributed by atoms with van der Waals surface area (Å²) in [6.07, 6.45) is 2.00. The number of pyridine rings is 1. The van der Waals surface area contributed by atoms with Crippen molar-refractivity contribution < 1.29 is 13.2 Å². The molecule has 0 saturated heterocycles. The van der Waals surface area contributed by atoms with Crippen LogP contribution in [0.15, 0.2) is 46.3 Å². The van der Waals surface area contributed by atoms with E-state index in [1.165, 1.54) is 23.9 Å². The number of thioether (sulfide) groups is 1. The number of nitrogens with zero attached hydrogens (tertiary/aromatic N) is 1. The van der Waals surface area contributed by atoms with Crippen LogP contribution in [0.25, 0.3) is 0 Å². The smallest absolute Gasteiger partial charge is 0.263 e. The predicted octanol–water partition coefficient (Wildman–Crippen LogP) is 2.63. The molecule has 1 aliphatic rings. The van der Waals surface area contributed by atoms with Gasteiger partial charge in [0.15, 0.2) is 0 Å². The van der Waals surface area contributed by atoms with Gasteiger partial charge >= 0.3 is 0 Å². The van der Waals surface area contributed by atoms with Crippen molar-refractivity contribution in [3.8, 4) is 0 Å². The van der Waals surface area contributed by atoms with E-state index in [0.717, 1.165) is 10.5 Å². The fraction of sp³-hybridized carbons (Fsp3) is 0.200. The summed E-state index contributed by atoms with van der Waals surface area (Å²) in [4.78, 5) is 16.6. The lowest BCUT2D eigenvalue weighted by Crippen LogP contribution is -2.15. The summed E-state index contributed by atoms with van der Waals surface area (Å²) in [6.45, 7) is 1.87. The second kappa shape index (κ2) is 6.21. The fourth-order valence-corrected chi connectivity index (χ4v) is 4.06. The largest absolute Gasteiger partial charge is 0.325 e. The van der Waals surface area contributed by atoms with Crippen LogP contribution in [-0.4, -0.2) is 25.1 Å². The van der Waals surface area contributed by atoms with Gasteiger partial charge in [0, 0.05) is 23.3 Å². The third-order valence-electron chi connectivity index (χ3n) is 3.27. The van der Waals surface area contributed by atoms with Crippen LogP contribution in [0.1, 0.15) is 12.0 Å². The van der Waals surface area contributed by atoms with Crippen LogP contribution < -0.4 is 10.0 Å². The number of hydrogen-bond acceptors (Lipinski definition) is 5. The topological polar surface area (TPSA) is 88.2 Å². The second-order valence-corrected chi connectivity index (χ2v) is 7.95. The van der Waals surface area contributed by atoms with Crippen molar-refractivity contribution in [2.24, 2.45) is 0 Å². The Kier molecular flexibility index (Phi) is 4.27. The SMILES string of the molecule is Cc1ccc(NS(=O)(=O)c2ccc3c(c2)NC(=O)CCS3)nc1. The number of aromatic nitrogens is 1. The van der Waals surface area contributed by atoms with Gasteiger partial charge in [0.2, 0.25) is 5.91 Å². The number of amides is 1. The minimum absolute atomic E-state index is 0.0847. The van der Waals surface area contributed by atoms with Crippen molar-refractivity contribution in [3.05, 3.63) is 42.1 Å². The Morgan fingerprint density at radius 2 is 2.09 bits per heavy atom. The van der Waals surface area contributed by atoms with Gasteiger partial charge in [0.1, 0.15) is 5.82 Å². The van der Waals surface area contributed by atoms with Gasteiger partial charge < -0.3 is 5.32 Å². The Morgan fingerprint density at radius 3 is 2.83 bits per heavy atom. The van der Waals surface area contributed by atoms with Crippen molar-refractivity contribution in [1.29, 1.82) is 0 Å². The molecule has 8 heteroatoms. The summed E-state index contributed by atoms with van der Waals surface area (Å²) in [7, 11) is -3.76.